The molecule has 3 rings (SSSR count). The van der Waals surface area contributed by atoms with E-state index in [0.29, 0.717) is 13.2 Å². The van der Waals surface area contributed by atoms with Crippen molar-refractivity contribution in [2.45, 2.75) is 32.7 Å². The van der Waals surface area contributed by atoms with E-state index in [2.05, 4.69) is 24.4 Å². The molecule has 30 heavy (non-hydrogen) atoms. The van der Waals surface area contributed by atoms with E-state index in [-0.39, 0.29) is 0 Å². The molecule has 0 atom stereocenters. The number of unbranched alkanes of at least 4 members (excludes halogenated alkanes) is 2. The van der Waals surface area contributed by atoms with Gasteiger partial charge < -0.3 is 19.5 Å². The van der Waals surface area contributed by atoms with Crippen molar-refractivity contribution in [3.63, 3.8) is 0 Å². The second-order valence-electron chi connectivity index (χ2n) is 7.06. The maximum absolute atomic E-state index is 5.92. The maximum Gasteiger partial charge on any atom is 0.142 e. The number of para-hydroxylation sites is 3. The number of ether oxygens (including phenoxy) is 3. The first-order valence-electron chi connectivity index (χ1n) is 10.7. The van der Waals surface area contributed by atoms with Crippen LogP contribution in [-0.4, -0.2) is 19.8 Å². The van der Waals surface area contributed by atoms with Crippen LogP contribution in [-0.2, 0) is 6.54 Å². The molecule has 0 fully saturated rings. The van der Waals surface area contributed by atoms with Crippen LogP contribution in [0.3, 0.4) is 0 Å². The van der Waals surface area contributed by atoms with E-state index in [9.17, 15) is 0 Å². The smallest absolute Gasteiger partial charge is 0.142 e. The molecule has 3 aromatic rings. The highest BCUT2D eigenvalue weighted by atomic mass is 16.5. The van der Waals surface area contributed by atoms with Crippen LogP contribution >= 0.6 is 0 Å². The third kappa shape index (κ3) is 7.36. The lowest BCUT2D eigenvalue weighted by molar-refractivity contribution is 0.218. The Morgan fingerprint density at radius 1 is 0.633 bits per heavy atom. The van der Waals surface area contributed by atoms with Gasteiger partial charge in [0.15, 0.2) is 0 Å². The van der Waals surface area contributed by atoms with Crippen LogP contribution in [0, 0.1) is 0 Å². The zero-order valence-corrected chi connectivity index (χ0v) is 17.7. The van der Waals surface area contributed by atoms with E-state index in [1.807, 2.05) is 66.7 Å². The Kier molecular flexibility index (Phi) is 8.93. The predicted molar refractivity (Wildman–Crippen MR) is 123 cm³/mol. The summed E-state index contributed by atoms with van der Waals surface area (Å²) in [6.45, 7) is 4.68. The molecule has 4 nitrogen and oxygen atoms in total. The molecular formula is C26H31NO3. The Bertz CT molecular complexity index is 850. The molecule has 0 amide bonds. The highest BCUT2D eigenvalue weighted by molar-refractivity contribution is 5.56. The molecule has 0 bridgehead atoms. The topological polar surface area (TPSA) is 39.7 Å². The molecule has 3 aromatic carbocycles. The van der Waals surface area contributed by atoms with Gasteiger partial charge in [-0.15, -0.1) is 0 Å². The summed E-state index contributed by atoms with van der Waals surface area (Å²) >= 11 is 0. The number of hydrogen-bond donors (Lipinski definition) is 1. The van der Waals surface area contributed by atoms with Crippen LogP contribution < -0.4 is 19.5 Å². The second-order valence-corrected chi connectivity index (χ2v) is 7.06. The van der Waals surface area contributed by atoms with Gasteiger partial charge in [-0.25, -0.2) is 0 Å². The average molecular weight is 406 g/mol. The maximum atomic E-state index is 5.92. The molecule has 0 saturated carbocycles. The molecule has 158 valence electrons. The number of anilines is 1. The molecule has 0 aliphatic carbocycles. The highest BCUT2D eigenvalue weighted by Crippen LogP contribution is 2.24. The standard InChI is InChI=1S/C26H31NO3/c1-2-3-9-18-28-24-16-14-22(15-17-24)21-27-25-12-7-8-13-26(25)30-20-19-29-23-10-5-4-6-11-23/h4-8,10-17,27H,2-3,9,18-21H2,1H3. The molecule has 0 aliphatic heterocycles. The van der Waals surface area contributed by atoms with Gasteiger partial charge in [0.2, 0.25) is 0 Å². The molecule has 4 heteroatoms. The fourth-order valence-electron chi connectivity index (χ4n) is 3.01. The molecule has 0 saturated heterocycles. The molecule has 0 unspecified atom stereocenters. The van der Waals surface area contributed by atoms with E-state index in [1.165, 1.54) is 18.4 Å². The Labute approximate surface area is 179 Å². The molecule has 0 aromatic heterocycles. The van der Waals surface area contributed by atoms with Crippen LogP contribution in [0.4, 0.5) is 5.69 Å². The van der Waals surface area contributed by atoms with Crippen molar-refractivity contribution in [3.8, 4) is 17.2 Å². The molecular weight excluding hydrogens is 374 g/mol. The Balaban J connectivity index is 1.44. The highest BCUT2D eigenvalue weighted by Gasteiger charge is 2.04. The van der Waals surface area contributed by atoms with Crippen LogP contribution in [0.1, 0.15) is 31.7 Å². The Hall–Kier alpha value is -3.14. The summed E-state index contributed by atoms with van der Waals surface area (Å²) in [6, 6.07) is 26.0. The summed E-state index contributed by atoms with van der Waals surface area (Å²) in [5.41, 5.74) is 2.16. The van der Waals surface area contributed by atoms with E-state index in [4.69, 9.17) is 14.2 Å². The summed E-state index contributed by atoms with van der Waals surface area (Å²) < 4.78 is 17.4. The van der Waals surface area contributed by atoms with Gasteiger partial charge in [-0.1, -0.05) is 62.2 Å². The molecule has 0 aliphatic rings. The number of rotatable bonds is 13. The minimum absolute atomic E-state index is 0.484. The van der Waals surface area contributed by atoms with E-state index in [1.54, 1.807) is 0 Å². The van der Waals surface area contributed by atoms with Gasteiger partial charge in [-0.2, -0.15) is 0 Å². The summed E-state index contributed by atoms with van der Waals surface area (Å²) in [4.78, 5) is 0. The predicted octanol–water partition coefficient (Wildman–Crippen LogP) is 6.33. The lowest BCUT2D eigenvalue weighted by Gasteiger charge is -2.14. The van der Waals surface area contributed by atoms with E-state index in [0.717, 1.165) is 42.5 Å². The van der Waals surface area contributed by atoms with Gasteiger partial charge in [-0.3, -0.25) is 0 Å². The zero-order valence-electron chi connectivity index (χ0n) is 17.7. The molecule has 0 spiro atoms. The van der Waals surface area contributed by atoms with Crippen LogP contribution in [0.5, 0.6) is 17.2 Å². The normalized spacial score (nSPS) is 10.4. The van der Waals surface area contributed by atoms with Gasteiger partial charge in [0, 0.05) is 6.54 Å². The average Bonchev–Trinajstić information content (AvgIpc) is 2.80. The molecule has 1 N–H and O–H groups in total. The van der Waals surface area contributed by atoms with Gasteiger partial charge in [-0.05, 0) is 48.4 Å². The van der Waals surface area contributed by atoms with Gasteiger partial charge in [0.25, 0.3) is 0 Å². The van der Waals surface area contributed by atoms with Crippen LogP contribution in [0.2, 0.25) is 0 Å². The first kappa shape index (κ1) is 21.6. The molecule has 0 heterocycles. The monoisotopic (exact) mass is 405 g/mol. The second kappa shape index (κ2) is 12.4. The summed E-state index contributed by atoms with van der Waals surface area (Å²) in [7, 11) is 0. The van der Waals surface area contributed by atoms with E-state index >= 15 is 0 Å². The van der Waals surface area contributed by atoms with Crippen molar-refractivity contribution < 1.29 is 14.2 Å². The van der Waals surface area contributed by atoms with Gasteiger partial charge in [0.1, 0.15) is 30.5 Å². The minimum atomic E-state index is 0.484. The Morgan fingerprint density at radius 3 is 2.10 bits per heavy atom. The van der Waals surface area contributed by atoms with Crippen LogP contribution in [0.25, 0.3) is 0 Å². The lowest BCUT2D eigenvalue weighted by Crippen LogP contribution is -2.10. The van der Waals surface area contributed by atoms with Crippen molar-refractivity contribution >= 4 is 5.69 Å². The fraction of sp³-hybridized carbons (Fsp3) is 0.308. The van der Waals surface area contributed by atoms with Crippen molar-refractivity contribution in [1.29, 1.82) is 0 Å². The molecule has 0 radical (unpaired) electrons. The van der Waals surface area contributed by atoms with Crippen LogP contribution in [0.15, 0.2) is 78.9 Å². The SMILES string of the molecule is CCCCCOc1ccc(CNc2ccccc2OCCOc2ccccc2)cc1. The largest absolute Gasteiger partial charge is 0.494 e. The fourth-order valence-corrected chi connectivity index (χ4v) is 3.01. The number of nitrogens with one attached hydrogen (secondary N) is 1. The van der Waals surface area contributed by atoms with Gasteiger partial charge >= 0.3 is 0 Å². The quantitative estimate of drug-likeness (QED) is 0.338. The van der Waals surface area contributed by atoms with Crippen molar-refractivity contribution in [2.24, 2.45) is 0 Å². The first-order chi connectivity index (χ1) is 14.8. The van der Waals surface area contributed by atoms with E-state index < -0.39 is 0 Å². The van der Waals surface area contributed by atoms with Crippen molar-refractivity contribution in [1.82, 2.24) is 0 Å². The van der Waals surface area contributed by atoms with Gasteiger partial charge in [0.05, 0.1) is 12.3 Å². The lowest BCUT2D eigenvalue weighted by atomic mass is 10.2. The summed E-state index contributed by atoms with van der Waals surface area (Å²) in [6.07, 6.45) is 3.52. The third-order valence-electron chi connectivity index (χ3n) is 4.66. The van der Waals surface area contributed by atoms with Crippen molar-refractivity contribution in [2.75, 3.05) is 25.1 Å². The summed E-state index contributed by atoms with van der Waals surface area (Å²) in [5, 5.41) is 3.46. The first-order valence-corrected chi connectivity index (χ1v) is 10.7. The minimum Gasteiger partial charge on any atom is -0.494 e. The summed E-state index contributed by atoms with van der Waals surface area (Å²) in [5.74, 6) is 2.60. The third-order valence-corrected chi connectivity index (χ3v) is 4.66. The van der Waals surface area contributed by atoms with Crippen molar-refractivity contribution in [3.05, 3.63) is 84.4 Å². The zero-order chi connectivity index (χ0) is 20.9. The number of benzene rings is 3. The number of hydrogen-bond acceptors (Lipinski definition) is 4. The Morgan fingerprint density at radius 2 is 1.30 bits per heavy atom.